The number of nitrogens with one attached hydrogen (secondary N) is 1. The minimum atomic E-state index is -0.161. The minimum absolute atomic E-state index is 0.161. The number of benzene rings is 2. The molecule has 0 spiro atoms. The van der Waals surface area contributed by atoms with E-state index in [9.17, 15) is 4.79 Å². The molecule has 0 atom stereocenters. The second-order valence-electron chi connectivity index (χ2n) is 5.99. The van der Waals surface area contributed by atoms with Gasteiger partial charge < -0.3 is 5.32 Å². The van der Waals surface area contributed by atoms with Crippen molar-refractivity contribution < 1.29 is 4.79 Å². The molecule has 0 bridgehead atoms. The topological polar surface area (TPSA) is 59.3 Å². The number of aryl methyl sites for hydroxylation is 1. The lowest BCUT2D eigenvalue weighted by Crippen LogP contribution is -2.14. The Morgan fingerprint density at radius 3 is 2.74 bits per heavy atom. The summed E-state index contributed by atoms with van der Waals surface area (Å²) < 4.78 is 1.97. The third kappa shape index (κ3) is 3.60. The lowest BCUT2D eigenvalue weighted by atomic mass is 10.1. The van der Waals surface area contributed by atoms with Crippen molar-refractivity contribution in [3.63, 3.8) is 0 Å². The molecule has 1 amide bonds. The van der Waals surface area contributed by atoms with Gasteiger partial charge in [0, 0.05) is 11.1 Å². The van der Waals surface area contributed by atoms with Crippen LogP contribution in [-0.4, -0.2) is 26.3 Å². The van der Waals surface area contributed by atoms with Crippen molar-refractivity contribution in [2.75, 3.05) is 11.1 Å². The van der Waals surface area contributed by atoms with Crippen LogP contribution in [0.3, 0.4) is 0 Å². The van der Waals surface area contributed by atoms with E-state index in [2.05, 4.69) is 28.5 Å². The van der Waals surface area contributed by atoms with Crippen molar-refractivity contribution >= 4 is 63.1 Å². The fourth-order valence-corrected chi connectivity index (χ4v) is 3.92. The number of para-hydroxylation sites is 1. The molecule has 4 rings (SSSR count). The molecule has 2 aromatic carbocycles. The molecule has 136 valence electrons. The number of thioether (sulfide) groups is 1. The molecule has 8 heteroatoms. The molecule has 0 aliphatic heterocycles. The summed E-state index contributed by atoms with van der Waals surface area (Å²) in [4.78, 5) is 12.3. The Morgan fingerprint density at radius 1 is 1.11 bits per heavy atom. The van der Waals surface area contributed by atoms with Crippen LogP contribution in [0.25, 0.3) is 16.6 Å². The monoisotopic (exact) mass is 416 g/mol. The maximum absolute atomic E-state index is 12.3. The van der Waals surface area contributed by atoms with E-state index in [1.54, 1.807) is 18.2 Å². The molecule has 5 nitrogen and oxygen atoms in total. The summed E-state index contributed by atoms with van der Waals surface area (Å²) >= 11 is 13.2. The van der Waals surface area contributed by atoms with Crippen LogP contribution in [0.4, 0.5) is 5.69 Å². The average Bonchev–Trinajstić information content (AvgIpc) is 3.06. The average molecular weight is 417 g/mol. The van der Waals surface area contributed by atoms with Gasteiger partial charge in [-0.25, -0.2) is 0 Å². The van der Waals surface area contributed by atoms with Gasteiger partial charge in [-0.05, 0) is 42.8 Å². The standard InChI is InChI=1S/C19H14Cl2N4OS/c1-11-8-17-23-24-19(25(17)16-5-3-2-4-13(11)16)27-10-18(26)22-12-6-7-14(20)15(21)9-12/h2-9H,10H2,1H3,(H,22,26). The summed E-state index contributed by atoms with van der Waals surface area (Å²) in [5, 5.41) is 13.9. The second kappa shape index (κ2) is 7.38. The highest BCUT2D eigenvalue weighted by Crippen LogP contribution is 2.27. The zero-order valence-corrected chi connectivity index (χ0v) is 16.6. The third-order valence-electron chi connectivity index (χ3n) is 4.11. The number of anilines is 1. The molecule has 27 heavy (non-hydrogen) atoms. The van der Waals surface area contributed by atoms with Gasteiger partial charge in [-0.2, -0.15) is 0 Å². The van der Waals surface area contributed by atoms with Gasteiger partial charge in [0.1, 0.15) is 0 Å². The summed E-state index contributed by atoms with van der Waals surface area (Å²) in [5.41, 5.74) is 3.52. The van der Waals surface area contributed by atoms with Crippen molar-refractivity contribution in [3.05, 3.63) is 64.1 Å². The van der Waals surface area contributed by atoms with Gasteiger partial charge in [0.15, 0.2) is 10.8 Å². The van der Waals surface area contributed by atoms with E-state index in [1.807, 2.05) is 28.7 Å². The number of carbonyl (C=O) groups excluding carboxylic acids is 1. The lowest BCUT2D eigenvalue weighted by Gasteiger charge is -2.08. The maximum atomic E-state index is 12.3. The second-order valence-corrected chi connectivity index (χ2v) is 7.74. The summed E-state index contributed by atoms with van der Waals surface area (Å²) in [5.74, 6) is 0.0371. The molecule has 2 heterocycles. The van der Waals surface area contributed by atoms with Crippen molar-refractivity contribution in [2.24, 2.45) is 0 Å². The molecule has 1 N–H and O–H groups in total. The van der Waals surface area contributed by atoms with Crippen LogP contribution in [0.5, 0.6) is 0 Å². The number of rotatable bonds is 4. The van der Waals surface area contributed by atoms with Gasteiger partial charge in [0.05, 0.1) is 21.3 Å². The van der Waals surface area contributed by atoms with E-state index in [0.717, 1.165) is 22.1 Å². The number of carbonyl (C=O) groups is 1. The first-order valence-corrected chi connectivity index (χ1v) is 9.88. The number of halogens is 2. The Labute approximate surface area is 169 Å². The zero-order chi connectivity index (χ0) is 19.0. The highest BCUT2D eigenvalue weighted by Gasteiger charge is 2.13. The van der Waals surface area contributed by atoms with Crippen LogP contribution < -0.4 is 5.32 Å². The van der Waals surface area contributed by atoms with Gasteiger partial charge in [0.25, 0.3) is 0 Å². The molecule has 0 fully saturated rings. The largest absolute Gasteiger partial charge is 0.325 e. The third-order valence-corrected chi connectivity index (χ3v) is 5.78. The first-order chi connectivity index (χ1) is 13.0. The SMILES string of the molecule is Cc1cc2nnc(SCC(=O)Nc3ccc(Cl)c(Cl)c3)n2c2ccccc12. The van der Waals surface area contributed by atoms with Crippen LogP contribution in [0, 0.1) is 6.92 Å². The molecular weight excluding hydrogens is 403 g/mol. The maximum Gasteiger partial charge on any atom is 0.234 e. The Kier molecular flexibility index (Phi) is 4.95. The van der Waals surface area contributed by atoms with Gasteiger partial charge in [0.2, 0.25) is 5.91 Å². The normalized spacial score (nSPS) is 11.2. The van der Waals surface area contributed by atoms with Gasteiger partial charge in [-0.1, -0.05) is 53.2 Å². The number of hydrogen-bond acceptors (Lipinski definition) is 4. The summed E-state index contributed by atoms with van der Waals surface area (Å²) in [7, 11) is 0. The summed E-state index contributed by atoms with van der Waals surface area (Å²) in [6, 6.07) is 15.0. The number of pyridine rings is 1. The first kappa shape index (κ1) is 18.1. The fourth-order valence-electron chi connectivity index (χ4n) is 2.87. The van der Waals surface area contributed by atoms with Crippen molar-refractivity contribution in [2.45, 2.75) is 12.1 Å². The summed E-state index contributed by atoms with van der Waals surface area (Å²) in [6.07, 6.45) is 0. The minimum Gasteiger partial charge on any atom is -0.325 e. The van der Waals surface area contributed by atoms with Crippen molar-refractivity contribution in [1.82, 2.24) is 14.6 Å². The highest BCUT2D eigenvalue weighted by molar-refractivity contribution is 7.99. The number of amides is 1. The predicted molar refractivity (Wildman–Crippen MR) is 111 cm³/mol. The molecule has 0 aliphatic rings. The van der Waals surface area contributed by atoms with Crippen LogP contribution >= 0.6 is 35.0 Å². The Balaban J connectivity index is 1.56. The van der Waals surface area contributed by atoms with Gasteiger partial charge in [-0.15, -0.1) is 10.2 Å². The lowest BCUT2D eigenvalue weighted by molar-refractivity contribution is -0.113. The van der Waals surface area contributed by atoms with Crippen LogP contribution in [0.2, 0.25) is 10.0 Å². The van der Waals surface area contributed by atoms with E-state index < -0.39 is 0 Å². The molecule has 0 unspecified atom stereocenters. The van der Waals surface area contributed by atoms with Gasteiger partial charge >= 0.3 is 0 Å². The van der Waals surface area contributed by atoms with Crippen LogP contribution in [0.1, 0.15) is 5.56 Å². The zero-order valence-electron chi connectivity index (χ0n) is 14.2. The van der Waals surface area contributed by atoms with E-state index in [-0.39, 0.29) is 11.7 Å². The van der Waals surface area contributed by atoms with Crippen LogP contribution in [-0.2, 0) is 4.79 Å². The van der Waals surface area contributed by atoms with E-state index >= 15 is 0 Å². The number of aromatic nitrogens is 3. The van der Waals surface area contributed by atoms with Crippen molar-refractivity contribution in [3.8, 4) is 0 Å². The van der Waals surface area contributed by atoms with E-state index in [1.165, 1.54) is 11.8 Å². The molecule has 0 aliphatic carbocycles. The highest BCUT2D eigenvalue weighted by atomic mass is 35.5. The quantitative estimate of drug-likeness (QED) is 0.462. The molecule has 0 saturated carbocycles. The Bertz CT molecular complexity index is 1180. The molecule has 0 radical (unpaired) electrons. The summed E-state index contributed by atoms with van der Waals surface area (Å²) in [6.45, 7) is 2.05. The molecule has 0 saturated heterocycles. The Hall–Kier alpha value is -2.28. The Morgan fingerprint density at radius 2 is 1.93 bits per heavy atom. The van der Waals surface area contributed by atoms with E-state index in [4.69, 9.17) is 23.2 Å². The van der Waals surface area contributed by atoms with Gasteiger partial charge in [-0.3, -0.25) is 9.20 Å². The molecular formula is C19H14Cl2N4OS. The van der Waals surface area contributed by atoms with E-state index in [0.29, 0.717) is 20.9 Å². The number of fused-ring (bicyclic) bond motifs is 3. The fraction of sp³-hybridized carbons (Fsp3) is 0.105. The molecule has 4 aromatic rings. The molecule has 2 aromatic heterocycles. The smallest absolute Gasteiger partial charge is 0.234 e. The first-order valence-electron chi connectivity index (χ1n) is 8.14. The number of hydrogen-bond donors (Lipinski definition) is 1. The predicted octanol–water partition coefficient (Wildman–Crippen LogP) is 5.23. The van der Waals surface area contributed by atoms with Crippen LogP contribution in [0.15, 0.2) is 53.7 Å². The number of nitrogens with zero attached hydrogens (tertiary/aromatic N) is 3. The van der Waals surface area contributed by atoms with Crippen molar-refractivity contribution in [1.29, 1.82) is 0 Å².